The lowest BCUT2D eigenvalue weighted by atomic mass is 10.4. The maximum atomic E-state index is 11.6. The molecule has 0 amide bonds. The summed E-state index contributed by atoms with van der Waals surface area (Å²) in [4.78, 5) is 3.60. The molecule has 0 saturated heterocycles. The van der Waals surface area contributed by atoms with E-state index in [0.29, 0.717) is 0 Å². The fourth-order valence-electron chi connectivity index (χ4n) is 0.489. The molecule has 1 aromatic heterocycles. The lowest BCUT2D eigenvalue weighted by Crippen LogP contribution is -2.09. The van der Waals surface area contributed by atoms with Crippen molar-refractivity contribution in [2.75, 3.05) is 0 Å². The zero-order valence-electron chi connectivity index (χ0n) is 4.77. The van der Waals surface area contributed by atoms with Crippen molar-refractivity contribution in [3.8, 4) is 0 Å². The van der Waals surface area contributed by atoms with E-state index in [-0.39, 0.29) is 4.88 Å². The van der Waals surface area contributed by atoms with E-state index in [1.807, 2.05) is 0 Å². The number of alkyl halides is 3. The minimum atomic E-state index is -4.12. The molecule has 1 nitrogen and oxygen atoms in total. The van der Waals surface area contributed by atoms with Crippen LogP contribution in [0, 0.1) is 5.51 Å². The molecule has 0 fully saturated rings. The second kappa shape index (κ2) is 2.57. The van der Waals surface area contributed by atoms with Crippen molar-refractivity contribution < 1.29 is 13.2 Å². The maximum Gasteiger partial charge on any atom is 0.393 e. The van der Waals surface area contributed by atoms with Crippen molar-refractivity contribution in [2.45, 2.75) is 12.6 Å². The minimum Gasteiger partial charge on any atom is -0.242 e. The molecule has 0 aliphatic heterocycles. The van der Waals surface area contributed by atoms with Crippen LogP contribution in [-0.2, 0) is 6.42 Å². The van der Waals surface area contributed by atoms with E-state index in [4.69, 9.17) is 0 Å². The Bertz CT molecular complexity index is 191. The predicted octanol–water partition coefficient (Wildman–Crippen LogP) is 2.05. The van der Waals surface area contributed by atoms with Gasteiger partial charge in [-0.05, 0) is 0 Å². The molecule has 0 aliphatic carbocycles. The van der Waals surface area contributed by atoms with Gasteiger partial charge in [0.05, 0.1) is 6.42 Å². The van der Waals surface area contributed by atoms with E-state index in [0.717, 1.165) is 11.3 Å². The smallest absolute Gasteiger partial charge is 0.242 e. The first kappa shape index (κ1) is 7.53. The third-order valence-electron chi connectivity index (χ3n) is 0.813. The fraction of sp³-hybridized carbons (Fsp3) is 0.400. The van der Waals surface area contributed by atoms with Gasteiger partial charge in [-0.2, -0.15) is 13.2 Å². The highest BCUT2D eigenvalue weighted by Gasteiger charge is 2.28. The van der Waals surface area contributed by atoms with E-state index >= 15 is 0 Å². The second-order valence-corrected chi connectivity index (χ2v) is 2.62. The molecule has 55 valence electrons. The van der Waals surface area contributed by atoms with Crippen LogP contribution >= 0.6 is 11.3 Å². The molecule has 0 aliphatic rings. The highest BCUT2D eigenvalue weighted by molar-refractivity contribution is 7.09. The van der Waals surface area contributed by atoms with Gasteiger partial charge in [-0.25, -0.2) is 4.98 Å². The van der Waals surface area contributed by atoms with Crippen LogP contribution in [0.4, 0.5) is 13.2 Å². The third kappa shape index (κ3) is 2.34. The second-order valence-electron chi connectivity index (χ2n) is 1.71. The van der Waals surface area contributed by atoms with Gasteiger partial charge in [-0.15, -0.1) is 11.3 Å². The van der Waals surface area contributed by atoms with Gasteiger partial charge >= 0.3 is 6.18 Å². The Morgan fingerprint density at radius 3 is 2.70 bits per heavy atom. The van der Waals surface area contributed by atoms with Crippen molar-refractivity contribution in [1.29, 1.82) is 0 Å². The third-order valence-corrected chi connectivity index (χ3v) is 1.52. The Kier molecular flexibility index (Phi) is 1.94. The van der Waals surface area contributed by atoms with Gasteiger partial charge in [0, 0.05) is 11.1 Å². The minimum absolute atomic E-state index is 0.201. The summed E-state index contributed by atoms with van der Waals surface area (Å²) >= 11 is 0.894. The van der Waals surface area contributed by atoms with Crippen molar-refractivity contribution in [2.24, 2.45) is 0 Å². The largest absolute Gasteiger partial charge is 0.393 e. The molecule has 0 aromatic carbocycles. The van der Waals surface area contributed by atoms with Crippen LogP contribution in [0.5, 0.6) is 0 Å². The molecule has 0 N–H and O–H groups in total. The topological polar surface area (TPSA) is 12.9 Å². The van der Waals surface area contributed by atoms with Gasteiger partial charge in [0.15, 0.2) is 5.51 Å². The molecular weight excluding hydrogens is 163 g/mol. The van der Waals surface area contributed by atoms with Gasteiger partial charge in [-0.3, -0.25) is 0 Å². The average Bonchev–Trinajstić information content (AvgIpc) is 2.12. The van der Waals surface area contributed by atoms with E-state index < -0.39 is 12.6 Å². The number of nitrogens with zero attached hydrogens (tertiary/aromatic N) is 1. The van der Waals surface area contributed by atoms with Crippen LogP contribution in [0.2, 0.25) is 0 Å². The van der Waals surface area contributed by atoms with Crippen LogP contribution in [0.15, 0.2) is 6.20 Å². The zero-order chi connectivity index (χ0) is 7.61. The molecule has 1 radical (unpaired) electrons. The number of aromatic nitrogens is 1. The first-order valence-electron chi connectivity index (χ1n) is 2.45. The summed E-state index contributed by atoms with van der Waals surface area (Å²) in [5.41, 5.74) is 2.34. The van der Waals surface area contributed by atoms with Gasteiger partial charge in [0.1, 0.15) is 0 Å². The van der Waals surface area contributed by atoms with Crippen LogP contribution in [-0.4, -0.2) is 11.2 Å². The molecule has 1 rings (SSSR count). The van der Waals surface area contributed by atoms with Crippen molar-refractivity contribution in [3.05, 3.63) is 16.6 Å². The Morgan fingerprint density at radius 1 is 1.60 bits per heavy atom. The normalized spacial score (nSPS) is 11.9. The summed E-state index contributed by atoms with van der Waals surface area (Å²) in [6.45, 7) is 0. The van der Waals surface area contributed by atoms with Gasteiger partial charge in [-0.1, -0.05) is 0 Å². The molecule has 0 bridgehead atoms. The molecule has 10 heavy (non-hydrogen) atoms. The summed E-state index contributed by atoms with van der Waals surface area (Å²) < 4.78 is 34.8. The maximum absolute atomic E-state index is 11.6. The first-order chi connectivity index (χ1) is 4.58. The quantitative estimate of drug-likeness (QED) is 0.622. The monoisotopic (exact) mass is 166 g/mol. The standard InChI is InChI=1S/C5H3F3NS/c6-5(7,8)1-4-2-9-3-10-4/h2H,1H2. The van der Waals surface area contributed by atoms with Crippen LogP contribution in [0.3, 0.4) is 0 Å². The van der Waals surface area contributed by atoms with Gasteiger partial charge < -0.3 is 0 Å². The SMILES string of the molecule is FC(F)(F)Cc1cn[c]s1. The lowest BCUT2D eigenvalue weighted by molar-refractivity contribution is -0.126. The summed E-state index contributed by atoms with van der Waals surface area (Å²) in [6, 6.07) is 0. The van der Waals surface area contributed by atoms with Crippen LogP contribution < -0.4 is 0 Å². The summed E-state index contributed by atoms with van der Waals surface area (Å²) in [5, 5.41) is 0. The molecule has 1 aromatic rings. The van der Waals surface area contributed by atoms with Gasteiger partial charge in [0.25, 0.3) is 0 Å². The van der Waals surface area contributed by atoms with Crippen LogP contribution in [0.1, 0.15) is 4.88 Å². The van der Waals surface area contributed by atoms with Crippen molar-refractivity contribution >= 4 is 11.3 Å². The van der Waals surface area contributed by atoms with E-state index in [1.54, 1.807) is 0 Å². The Labute approximate surface area is 59.5 Å². The molecule has 1 heterocycles. The van der Waals surface area contributed by atoms with Crippen LogP contribution in [0.25, 0.3) is 0 Å². The van der Waals surface area contributed by atoms with E-state index in [9.17, 15) is 13.2 Å². The summed E-state index contributed by atoms with van der Waals surface area (Å²) in [6.07, 6.45) is -3.84. The number of hydrogen-bond acceptors (Lipinski definition) is 2. The fourth-order valence-corrected chi connectivity index (χ4v) is 1.05. The van der Waals surface area contributed by atoms with E-state index in [2.05, 4.69) is 10.5 Å². The first-order valence-corrected chi connectivity index (χ1v) is 3.27. The molecule has 0 unspecified atom stereocenters. The Morgan fingerprint density at radius 2 is 2.30 bits per heavy atom. The highest BCUT2D eigenvalue weighted by Crippen LogP contribution is 2.22. The molecule has 0 atom stereocenters. The average molecular weight is 166 g/mol. The molecule has 0 saturated carbocycles. The Hall–Kier alpha value is -0.580. The lowest BCUT2D eigenvalue weighted by Gasteiger charge is -2.01. The highest BCUT2D eigenvalue weighted by atomic mass is 32.1. The van der Waals surface area contributed by atoms with E-state index in [1.165, 1.54) is 6.20 Å². The van der Waals surface area contributed by atoms with Crippen molar-refractivity contribution in [1.82, 2.24) is 4.98 Å². The number of halogens is 3. The predicted molar refractivity (Wildman–Crippen MR) is 30.7 cm³/mol. The zero-order valence-corrected chi connectivity index (χ0v) is 5.59. The van der Waals surface area contributed by atoms with Gasteiger partial charge in [0.2, 0.25) is 0 Å². The molecule has 0 spiro atoms. The number of hydrogen-bond donors (Lipinski definition) is 0. The molecular formula is C5H3F3NS. The summed E-state index contributed by atoms with van der Waals surface area (Å²) in [5.74, 6) is 0. The summed E-state index contributed by atoms with van der Waals surface area (Å²) in [7, 11) is 0. The number of rotatable bonds is 1. The Balaban J connectivity index is 2.57. The van der Waals surface area contributed by atoms with Crippen molar-refractivity contribution in [3.63, 3.8) is 0 Å². The molecule has 5 heteroatoms. The number of thiazole rings is 1.